The van der Waals surface area contributed by atoms with E-state index in [-0.39, 0.29) is 12.0 Å². The summed E-state index contributed by atoms with van der Waals surface area (Å²) in [5.41, 5.74) is 2.83. The van der Waals surface area contributed by atoms with Gasteiger partial charge in [-0.05, 0) is 61.4 Å². The Morgan fingerprint density at radius 1 is 0.783 bits per heavy atom. The van der Waals surface area contributed by atoms with Gasteiger partial charge in [0.15, 0.2) is 11.2 Å². The lowest BCUT2D eigenvalue weighted by atomic mass is 9.79. The van der Waals surface area contributed by atoms with Gasteiger partial charge in [-0.2, -0.15) is 0 Å². The smallest absolute Gasteiger partial charge is 0.334 e. The maximum atomic E-state index is 13.2. The van der Waals surface area contributed by atoms with Gasteiger partial charge in [-0.3, -0.25) is 0 Å². The molecule has 228 valence electrons. The molecule has 6 heteroatoms. The van der Waals surface area contributed by atoms with E-state index in [4.69, 9.17) is 20.6 Å². The summed E-state index contributed by atoms with van der Waals surface area (Å²) >= 11 is 1.63. The quantitative estimate of drug-likeness (QED) is 0.0843. The van der Waals surface area contributed by atoms with E-state index in [1.54, 1.807) is 31.7 Å². The molecule has 2 atom stereocenters. The molecule has 5 nitrogen and oxygen atoms in total. The lowest BCUT2D eigenvalue weighted by molar-refractivity contribution is -0.153. The zero-order valence-corrected chi connectivity index (χ0v) is 26.5. The van der Waals surface area contributed by atoms with E-state index in [0.717, 1.165) is 32.0 Å². The van der Waals surface area contributed by atoms with E-state index >= 15 is 0 Å². The average Bonchev–Trinajstić information content (AvgIpc) is 3.05. The Hall–Kier alpha value is -5.25. The van der Waals surface area contributed by atoms with Gasteiger partial charge in [0.05, 0.1) is 6.42 Å². The van der Waals surface area contributed by atoms with Crippen molar-refractivity contribution in [2.45, 2.75) is 47.7 Å². The monoisotopic (exact) mass is 624 g/mol. The molecule has 0 N–H and O–H groups in total. The molecule has 6 rings (SSSR count). The minimum absolute atomic E-state index is 0.0831. The maximum absolute atomic E-state index is 13.2. The highest BCUT2D eigenvalue weighted by molar-refractivity contribution is 7.99. The van der Waals surface area contributed by atoms with Crippen molar-refractivity contribution in [3.05, 3.63) is 144 Å². The number of para-hydroxylation sites is 1. The molecule has 2 aliphatic rings. The van der Waals surface area contributed by atoms with Gasteiger partial charge >= 0.3 is 11.9 Å². The summed E-state index contributed by atoms with van der Waals surface area (Å²) in [6.07, 6.45) is 8.14. The maximum Gasteiger partial charge on any atom is 0.334 e. The molecule has 0 saturated carbocycles. The van der Waals surface area contributed by atoms with Crippen LogP contribution in [-0.2, 0) is 30.3 Å². The predicted molar refractivity (Wildman–Crippen MR) is 181 cm³/mol. The third-order valence-electron chi connectivity index (χ3n) is 8.26. The molecule has 0 aliphatic carbocycles. The number of ether oxygens (including phenoxy) is 3. The summed E-state index contributed by atoms with van der Waals surface area (Å²) in [4.78, 5) is 28.2. The summed E-state index contributed by atoms with van der Waals surface area (Å²) in [6, 6.07) is 27.2. The van der Waals surface area contributed by atoms with Crippen LogP contribution < -0.4 is 4.74 Å². The van der Waals surface area contributed by atoms with Gasteiger partial charge in [-0.25, -0.2) is 9.59 Å². The van der Waals surface area contributed by atoms with Crippen molar-refractivity contribution in [2.75, 3.05) is 0 Å². The van der Waals surface area contributed by atoms with Gasteiger partial charge in [0.25, 0.3) is 0 Å². The van der Waals surface area contributed by atoms with Gasteiger partial charge in [-0.15, -0.1) is 18.9 Å². The van der Waals surface area contributed by atoms with Crippen molar-refractivity contribution in [1.82, 2.24) is 0 Å². The Bertz CT molecular complexity index is 2000. The number of rotatable bonds is 8. The van der Waals surface area contributed by atoms with Crippen LogP contribution in [0.2, 0.25) is 0 Å². The Labute approximate surface area is 273 Å². The predicted octanol–water partition coefficient (Wildman–Crippen LogP) is 9.25. The van der Waals surface area contributed by atoms with Crippen LogP contribution in [0.25, 0.3) is 11.1 Å². The summed E-state index contributed by atoms with van der Waals surface area (Å²) in [7, 11) is 0. The van der Waals surface area contributed by atoms with Crippen molar-refractivity contribution in [2.24, 2.45) is 0 Å². The van der Waals surface area contributed by atoms with Crippen molar-refractivity contribution in [3.8, 4) is 35.0 Å². The molecule has 2 unspecified atom stereocenters. The normalized spacial score (nSPS) is 18.6. The fourth-order valence-corrected chi connectivity index (χ4v) is 7.28. The highest BCUT2D eigenvalue weighted by Crippen LogP contribution is 2.54. The van der Waals surface area contributed by atoms with E-state index in [1.807, 2.05) is 78.9 Å². The van der Waals surface area contributed by atoms with Crippen LogP contribution in [0.1, 0.15) is 48.9 Å². The highest BCUT2D eigenvalue weighted by atomic mass is 32.2. The molecule has 2 heterocycles. The Kier molecular flexibility index (Phi) is 7.97. The zero-order chi connectivity index (χ0) is 32.6. The van der Waals surface area contributed by atoms with Crippen LogP contribution in [0.4, 0.5) is 0 Å². The first-order valence-corrected chi connectivity index (χ1v) is 15.6. The standard InChI is InChI=1S/C40H32O5S/c1-7-21-39(44-37(41)25(3)4)29-13-9-11-15-33(29)43-34-19-17-27(23-31(34)39)28-18-20-36-32(24-28)40(22-8-2,45-38(42)26(5)6)30-14-10-12-16-35(30)46-36/h1,8-20,23-24H,2-3,5,21-22H2,4,6H3. The number of benzene rings is 4. The number of fused-ring (bicyclic) bond motifs is 4. The first-order valence-electron chi connectivity index (χ1n) is 14.8. The second-order valence-electron chi connectivity index (χ2n) is 11.5. The lowest BCUT2D eigenvalue weighted by Crippen LogP contribution is -2.37. The molecule has 4 aromatic rings. The van der Waals surface area contributed by atoms with E-state index in [1.165, 1.54) is 0 Å². The van der Waals surface area contributed by atoms with E-state index in [2.05, 4.69) is 31.7 Å². The minimum atomic E-state index is -1.31. The first-order chi connectivity index (χ1) is 22.1. The van der Waals surface area contributed by atoms with Crippen molar-refractivity contribution in [3.63, 3.8) is 0 Å². The SMILES string of the molecule is C#CCC1(OC(=O)C(=C)C)c2ccccc2Oc2ccc(-c3ccc4c(c3)C(CC=C)(OC(=O)C(=C)C)c3ccccc3S4)cc21. The van der Waals surface area contributed by atoms with Crippen LogP contribution in [0.15, 0.2) is 132 Å². The third kappa shape index (κ3) is 5.03. The molecule has 2 aliphatic heterocycles. The highest BCUT2D eigenvalue weighted by Gasteiger charge is 2.47. The second kappa shape index (κ2) is 11.9. The Balaban J connectivity index is 1.55. The topological polar surface area (TPSA) is 61.8 Å². The molecule has 4 aromatic carbocycles. The fourth-order valence-electron chi connectivity index (χ4n) is 6.08. The molecule has 0 bridgehead atoms. The van der Waals surface area contributed by atoms with Gasteiger partial charge in [-0.1, -0.05) is 79.5 Å². The minimum Gasteiger partial charge on any atom is -0.456 e. The van der Waals surface area contributed by atoms with Crippen LogP contribution >= 0.6 is 11.8 Å². The van der Waals surface area contributed by atoms with Crippen LogP contribution in [0.5, 0.6) is 11.5 Å². The molecule has 0 aromatic heterocycles. The van der Waals surface area contributed by atoms with Gasteiger partial charge in [0.2, 0.25) is 0 Å². The summed E-state index contributed by atoms with van der Waals surface area (Å²) in [5, 5.41) is 0. The Morgan fingerprint density at radius 3 is 2.02 bits per heavy atom. The number of hydrogen-bond acceptors (Lipinski definition) is 6. The number of terminal acetylenes is 1. The summed E-state index contributed by atoms with van der Waals surface area (Å²) in [6.45, 7) is 14.9. The lowest BCUT2D eigenvalue weighted by Gasteiger charge is -2.40. The molecule has 0 spiro atoms. The van der Waals surface area contributed by atoms with E-state index < -0.39 is 23.1 Å². The molecule has 0 amide bonds. The van der Waals surface area contributed by atoms with E-state index in [9.17, 15) is 9.59 Å². The molecule has 0 radical (unpaired) electrons. The first kappa shape index (κ1) is 30.8. The largest absolute Gasteiger partial charge is 0.456 e. The summed E-state index contributed by atoms with van der Waals surface area (Å²) < 4.78 is 18.9. The Morgan fingerprint density at radius 2 is 1.35 bits per heavy atom. The molecule has 46 heavy (non-hydrogen) atoms. The number of carbonyl (C=O) groups excluding carboxylic acids is 2. The van der Waals surface area contributed by atoms with E-state index in [0.29, 0.717) is 34.6 Å². The molecular weight excluding hydrogens is 593 g/mol. The molecule has 0 fully saturated rings. The van der Waals surface area contributed by atoms with Crippen molar-refractivity contribution >= 4 is 23.7 Å². The number of carbonyl (C=O) groups is 2. The fraction of sp³-hybridized carbons (Fsp3) is 0.150. The molecular formula is C40H32O5S. The molecule has 0 saturated heterocycles. The summed E-state index contributed by atoms with van der Waals surface area (Å²) in [5.74, 6) is 2.79. The average molecular weight is 625 g/mol. The van der Waals surface area contributed by atoms with Crippen LogP contribution in [0, 0.1) is 12.3 Å². The number of esters is 2. The van der Waals surface area contributed by atoms with Crippen molar-refractivity contribution in [1.29, 1.82) is 0 Å². The van der Waals surface area contributed by atoms with Gasteiger partial charge in [0, 0.05) is 49.6 Å². The van der Waals surface area contributed by atoms with Crippen LogP contribution in [0.3, 0.4) is 0 Å². The van der Waals surface area contributed by atoms with Crippen LogP contribution in [-0.4, -0.2) is 11.9 Å². The van der Waals surface area contributed by atoms with Crippen molar-refractivity contribution < 1.29 is 23.8 Å². The van der Waals surface area contributed by atoms with Gasteiger partial charge in [0.1, 0.15) is 11.5 Å². The van der Waals surface area contributed by atoms with Gasteiger partial charge < -0.3 is 14.2 Å². The third-order valence-corrected chi connectivity index (χ3v) is 9.41. The number of hydrogen-bond donors (Lipinski definition) is 0. The zero-order valence-electron chi connectivity index (χ0n) is 25.7. The second-order valence-corrected chi connectivity index (χ2v) is 12.6.